The fourth-order valence-electron chi connectivity index (χ4n) is 4.01. The zero-order chi connectivity index (χ0) is 17.9. The van der Waals surface area contributed by atoms with Gasteiger partial charge in [0.05, 0.1) is 10.8 Å². The van der Waals surface area contributed by atoms with Crippen LogP contribution in [-0.2, 0) is 14.6 Å². The summed E-state index contributed by atoms with van der Waals surface area (Å²) in [6.07, 6.45) is -2.47. The van der Waals surface area contributed by atoms with Crippen LogP contribution in [0.4, 0.5) is 13.2 Å². The van der Waals surface area contributed by atoms with Crippen LogP contribution in [0.25, 0.3) is 0 Å². The van der Waals surface area contributed by atoms with Crippen LogP contribution in [-0.4, -0.2) is 30.4 Å². The lowest BCUT2D eigenvalue weighted by atomic mass is 9.81. The van der Waals surface area contributed by atoms with E-state index < -0.39 is 49.4 Å². The van der Waals surface area contributed by atoms with Crippen LogP contribution < -0.4 is 0 Å². The van der Waals surface area contributed by atoms with E-state index in [0.29, 0.717) is 0 Å². The zero-order valence-corrected chi connectivity index (χ0v) is 13.4. The fourth-order valence-corrected chi connectivity index (χ4v) is 6.34. The molecule has 0 spiro atoms. The molecule has 1 aromatic carbocycles. The monoisotopic (exact) mass is 360 g/mol. The molecule has 2 aliphatic rings. The predicted molar refractivity (Wildman–Crippen MR) is 79.0 cm³/mol. The Morgan fingerprint density at radius 2 is 1.79 bits per heavy atom. The zero-order valence-electron chi connectivity index (χ0n) is 12.6. The first-order valence-electron chi connectivity index (χ1n) is 7.32. The van der Waals surface area contributed by atoms with E-state index >= 15 is 0 Å². The summed E-state index contributed by atoms with van der Waals surface area (Å²) in [6, 6.07) is 5.21. The average Bonchev–Trinajstić information content (AvgIpc) is 3.06. The largest absolute Gasteiger partial charge is 0.480 e. The van der Waals surface area contributed by atoms with Crippen molar-refractivity contribution in [1.29, 1.82) is 0 Å². The molecule has 0 radical (unpaired) electrons. The number of alkyl halides is 3. The molecule has 2 aliphatic carbocycles. The fraction of sp³-hybridized carbons (Fsp3) is 0.438. The number of hydrogen-bond acceptors (Lipinski definition) is 3. The van der Waals surface area contributed by atoms with Crippen molar-refractivity contribution in [1.82, 2.24) is 0 Å². The summed E-state index contributed by atoms with van der Waals surface area (Å²) < 4.78 is 64.0. The number of carbonyl (C=O) groups is 1. The lowest BCUT2D eigenvalue weighted by Crippen LogP contribution is -2.59. The van der Waals surface area contributed by atoms with Crippen molar-refractivity contribution in [2.45, 2.75) is 29.2 Å². The Bertz CT molecular complexity index is 811. The van der Waals surface area contributed by atoms with Crippen LogP contribution in [0.2, 0.25) is 0 Å². The Morgan fingerprint density at radius 3 is 2.29 bits per heavy atom. The molecule has 0 unspecified atom stereocenters. The van der Waals surface area contributed by atoms with Gasteiger partial charge in [-0.15, -0.1) is 0 Å². The van der Waals surface area contributed by atoms with E-state index in [0.717, 1.165) is 5.56 Å². The summed E-state index contributed by atoms with van der Waals surface area (Å²) in [5, 5.41) is 9.66. The van der Waals surface area contributed by atoms with Gasteiger partial charge in [0.15, 0.2) is 14.6 Å². The first-order chi connectivity index (χ1) is 11.0. The van der Waals surface area contributed by atoms with Gasteiger partial charge in [0.1, 0.15) is 0 Å². The first-order valence-corrected chi connectivity index (χ1v) is 8.81. The maximum absolute atomic E-state index is 13.6. The van der Waals surface area contributed by atoms with Crippen LogP contribution in [0.15, 0.2) is 41.3 Å². The van der Waals surface area contributed by atoms with E-state index in [4.69, 9.17) is 0 Å². The second kappa shape index (κ2) is 5.08. The highest BCUT2D eigenvalue weighted by Crippen LogP contribution is 2.61. The van der Waals surface area contributed by atoms with Gasteiger partial charge in [0.25, 0.3) is 0 Å². The number of sulfone groups is 1. The minimum atomic E-state index is -4.93. The summed E-state index contributed by atoms with van der Waals surface area (Å²) in [5.74, 6) is -6.73. The third-order valence-electron chi connectivity index (χ3n) is 5.02. The van der Waals surface area contributed by atoms with E-state index in [1.807, 2.05) is 0 Å². The third kappa shape index (κ3) is 2.05. The number of hydrogen-bond donors (Lipinski definition) is 1. The highest BCUT2D eigenvalue weighted by atomic mass is 32.2. The molecule has 3 rings (SSSR count). The van der Waals surface area contributed by atoms with Crippen LogP contribution in [0, 0.1) is 24.7 Å². The molecule has 0 aromatic heterocycles. The smallest absolute Gasteiger partial charge is 0.394 e. The van der Waals surface area contributed by atoms with Gasteiger partial charge in [-0.1, -0.05) is 29.8 Å². The first kappa shape index (κ1) is 17.0. The Kier molecular flexibility index (Phi) is 3.60. The second-order valence-corrected chi connectivity index (χ2v) is 8.48. The van der Waals surface area contributed by atoms with Crippen LogP contribution in [0.5, 0.6) is 0 Å². The molecule has 24 heavy (non-hydrogen) atoms. The third-order valence-corrected chi connectivity index (χ3v) is 7.53. The highest BCUT2D eigenvalue weighted by Gasteiger charge is 2.75. The van der Waals surface area contributed by atoms with Crippen molar-refractivity contribution in [3.05, 3.63) is 42.0 Å². The molecule has 1 aromatic rings. The molecule has 1 N–H and O–H groups in total. The molecule has 0 heterocycles. The molecule has 4 nitrogen and oxygen atoms in total. The molecule has 0 amide bonds. The Balaban J connectivity index is 2.28. The highest BCUT2D eigenvalue weighted by molar-refractivity contribution is 7.93. The van der Waals surface area contributed by atoms with Gasteiger partial charge in [-0.25, -0.2) is 8.42 Å². The number of allylic oxidation sites excluding steroid dienone is 2. The van der Waals surface area contributed by atoms with Crippen LogP contribution >= 0.6 is 0 Å². The van der Waals surface area contributed by atoms with Crippen molar-refractivity contribution in [3.8, 4) is 0 Å². The summed E-state index contributed by atoms with van der Waals surface area (Å²) in [7, 11) is -4.75. The minimum Gasteiger partial charge on any atom is -0.480 e. The molecule has 1 saturated carbocycles. The number of carboxylic acids is 1. The molecule has 8 heteroatoms. The van der Waals surface area contributed by atoms with Gasteiger partial charge in [-0.2, -0.15) is 13.2 Å². The topological polar surface area (TPSA) is 71.4 Å². The summed E-state index contributed by atoms with van der Waals surface area (Å²) in [5.41, 5.74) is 0.721. The number of halogens is 3. The molecule has 130 valence electrons. The Labute approximate surface area is 136 Å². The Morgan fingerprint density at radius 1 is 1.21 bits per heavy atom. The van der Waals surface area contributed by atoms with Gasteiger partial charge in [0.2, 0.25) is 0 Å². The van der Waals surface area contributed by atoms with Crippen molar-refractivity contribution < 1.29 is 31.5 Å². The van der Waals surface area contributed by atoms with Gasteiger partial charge in [0, 0.05) is 5.92 Å². The van der Waals surface area contributed by atoms with Crippen molar-refractivity contribution in [2.75, 3.05) is 0 Å². The molecule has 0 saturated heterocycles. The maximum Gasteiger partial charge on any atom is 0.394 e. The van der Waals surface area contributed by atoms with Gasteiger partial charge in [-0.05, 0) is 31.4 Å². The van der Waals surface area contributed by atoms with E-state index in [9.17, 15) is 31.5 Å². The maximum atomic E-state index is 13.6. The lowest BCUT2D eigenvalue weighted by molar-refractivity contribution is -0.195. The van der Waals surface area contributed by atoms with Crippen molar-refractivity contribution in [2.24, 2.45) is 17.8 Å². The van der Waals surface area contributed by atoms with Crippen LogP contribution in [0.3, 0.4) is 0 Å². The molecule has 0 aliphatic heterocycles. The normalized spacial score (nSPS) is 32.2. The van der Waals surface area contributed by atoms with E-state index in [-0.39, 0.29) is 6.42 Å². The number of aryl methyl sites for hydroxylation is 1. The molecular weight excluding hydrogens is 345 g/mol. The quantitative estimate of drug-likeness (QED) is 0.842. The summed E-state index contributed by atoms with van der Waals surface area (Å²) in [4.78, 5) is 11.5. The molecule has 2 bridgehead atoms. The van der Waals surface area contributed by atoms with Crippen LogP contribution in [0.1, 0.15) is 12.0 Å². The standard InChI is InChI=1S/C16H15F3O4S/c1-9-2-6-12(7-3-9)24(22,23)15(14(20)21)11-5-4-10(8-11)13(15)16(17,18)19/h2-7,10-11,13H,8H2,1H3,(H,20,21)/t10-,11+,13-,15-/m1/s1. The van der Waals surface area contributed by atoms with Crippen molar-refractivity contribution in [3.63, 3.8) is 0 Å². The van der Waals surface area contributed by atoms with E-state index in [2.05, 4.69) is 0 Å². The molecule has 1 fully saturated rings. The number of fused-ring (bicyclic) bond motifs is 2. The minimum absolute atomic E-state index is 0.123. The molecule has 4 atom stereocenters. The number of carboxylic acid groups (broad SMARTS) is 1. The van der Waals surface area contributed by atoms with Gasteiger partial charge < -0.3 is 5.11 Å². The number of rotatable bonds is 3. The summed E-state index contributed by atoms with van der Waals surface area (Å²) in [6.45, 7) is 1.70. The van der Waals surface area contributed by atoms with E-state index in [1.54, 1.807) is 6.92 Å². The Hall–Kier alpha value is -1.83. The number of benzene rings is 1. The average molecular weight is 360 g/mol. The second-order valence-electron chi connectivity index (χ2n) is 6.32. The van der Waals surface area contributed by atoms with Gasteiger partial charge >= 0.3 is 12.1 Å². The lowest BCUT2D eigenvalue weighted by Gasteiger charge is -2.38. The van der Waals surface area contributed by atoms with Crippen molar-refractivity contribution >= 4 is 15.8 Å². The molecular formula is C16H15F3O4S. The van der Waals surface area contributed by atoms with E-state index in [1.165, 1.54) is 36.4 Å². The predicted octanol–water partition coefficient (Wildman–Crippen LogP) is 2.98. The SMILES string of the molecule is Cc1ccc(S(=O)(=O)[C@]2(C(=O)O)[C@H]3C=C[C@H](C3)[C@H]2C(F)(F)F)cc1. The summed E-state index contributed by atoms with van der Waals surface area (Å²) >= 11 is 0. The number of aliphatic carboxylic acids is 1. The van der Waals surface area contributed by atoms with Gasteiger partial charge in [-0.3, -0.25) is 4.79 Å².